The van der Waals surface area contributed by atoms with Gasteiger partial charge >= 0.3 is 0 Å². The summed E-state index contributed by atoms with van der Waals surface area (Å²) in [6.45, 7) is 9.42. The van der Waals surface area contributed by atoms with Crippen molar-refractivity contribution in [1.82, 2.24) is 0 Å². The van der Waals surface area contributed by atoms with Crippen molar-refractivity contribution in [3.05, 3.63) is 0 Å². The molecule has 2 unspecified atom stereocenters. The van der Waals surface area contributed by atoms with E-state index in [9.17, 15) is 0 Å². The zero-order valence-corrected chi connectivity index (χ0v) is 12.6. The molecule has 0 amide bonds. The number of hydrogen-bond donors (Lipinski definition) is 0. The van der Waals surface area contributed by atoms with Gasteiger partial charge in [-0.05, 0) is 25.2 Å². The van der Waals surface area contributed by atoms with Crippen LogP contribution in [0, 0.1) is 11.8 Å². The van der Waals surface area contributed by atoms with Crippen LogP contribution >= 0.6 is 0 Å². The summed E-state index contributed by atoms with van der Waals surface area (Å²) in [4.78, 5) is 0. The number of ether oxygens (including phenoxy) is 2. The highest BCUT2D eigenvalue weighted by Crippen LogP contribution is 2.27. The molecule has 1 saturated carbocycles. The molecule has 1 rings (SSSR count). The van der Waals surface area contributed by atoms with Gasteiger partial charge in [-0.25, -0.2) is 0 Å². The third kappa shape index (κ3) is 6.75. The van der Waals surface area contributed by atoms with Crippen LogP contribution in [0.2, 0.25) is 0 Å². The highest BCUT2D eigenvalue weighted by atomic mass is 16.5. The third-order valence-electron chi connectivity index (χ3n) is 3.71. The standard InChI is InChI=1S/C16H32O2/c1-4-5-8-11-17-13-15-9-6-7-10-16(15)18-12-14(2)3/h14-16H,4-13H2,1-3H3. The van der Waals surface area contributed by atoms with Crippen molar-refractivity contribution in [2.24, 2.45) is 11.8 Å². The van der Waals surface area contributed by atoms with E-state index in [1.165, 1.54) is 44.9 Å². The molecule has 108 valence electrons. The molecule has 0 saturated heterocycles. The summed E-state index contributed by atoms with van der Waals surface area (Å²) in [5, 5.41) is 0. The lowest BCUT2D eigenvalue weighted by molar-refractivity contribution is -0.0511. The van der Waals surface area contributed by atoms with E-state index < -0.39 is 0 Å². The molecule has 0 aromatic heterocycles. The summed E-state index contributed by atoms with van der Waals surface area (Å²) in [6.07, 6.45) is 9.42. The van der Waals surface area contributed by atoms with Gasteiger partial charge in [0.2, 0.25) is 0 Å². The molecule has 0 radical (unpaired) electrons. The smallest absolute Gasteiger partial charge is 0.0625 e. The summed E-state index contributed by atoms with van der Waals surface area (Å²) in [7, 11) is 0. The number of hydrogen-bond acceptors (Lipinski definition) is 2. The molecule has 1 fully saturated rings. The van der Waals surface area contributed by atoms with Crippen molar-refractivity contribution in [1.29, 1.82) is 0 Å². The quantitative estimate of drug-likeness (QED) is 0.568. The van der Waals surface area contributed by atoms with Crippen molar-refractivity contribution >= 4 is 0 Å². The SMILES string of the molecule is CCCCCOCC1CCCCC1OCC(C)C. The lowest BCUT2D eigenvalue weighted by Crippen LogP contribution is -2.32. The second-order valence-electron chi connectivity index (χ2n) is 6.09. The van der Waals surface area contributed by atoms with E-state index in [1.807, 2.05) is 0 Å². The Morgan fingerprint density at radius 1 is 1.11 bits per heavy atom. The Morgan fingerprint density at radius 2 is 1.89 bits per heavy atom. The minimum Gasteiger partial charge on any atom is -0.381 e. The molecule has 1 aliphatic rings. The van der Waals surface area contributed by atoms with Gasteiger partial charge in [0.25, 0.3) is 0 Å². The van der Waals surface area contributed by atoms with Gasteiger partial charge in [-0.3, -0.25) is 0 Å². The number of rotatable bonds is 9. The molecule has 0 bridgehead atoms. The van der Waals surface area contributed by atoms with Crippen LogP contribution in [-0.4, -0.2) is 25.9 Å². The first-order valence-corrected chi connectivity index (χ1v) is 7.93. The second-order valence-corrected chi connectivity index (χ2v) is 6.09. The van der Waals surface area contributed by atoms with Crippen molar-refractivity contribution in [3.8, 4) is 0 Å². The average molecular weight is 256 g/mol. The molecule has 0 aliphatic heterocycles. The maximum absolute atomic E-state index is 6.06. The van der Waals surface area contributed by atoms with Crippen LogP contribution in [0.3, 0.4) is 0 Å². The molecule has 0 aromatic carbocycles. The Morgan fingerprint density at radius 3 is 2.61 bits per heavy atom. The van der Waals surface area contributed by atoms with Crippen LogP contribution in [0.15, 0.2) is 0 Å². The molecule has 0 heterocycles. The molecule has 0 spiro atoms. The summed E-state index contributed by atoms with van der Waals surface area (Å²) >= 11 is 0. The van der Waals surface area contributed by atoms with Crippen LogP contribution < -0.4 is 0 Å². The van der Waals surface area contributed by atoms with Gasteiger partial charge in [0.15, 0.2) is 0 Å². The van der Waals surface area contributed by atoms with Gasteiger partial charge < -0.3 is 9.47 Å². The Kier molecular flexibility index (Phi) is 8.70. The summed E-state index contributed by atoms with van der Waals surface area (Å²) in [5.41, 5.74) is 0. The first-order valence-electron chi connectivity index (χ1n) is 7.93. The Bertz CT molecular complexity index is 192. The van der Waals surface area contributed by atoms with Gasteiger partial charge in [-0.2, -0.15) is 0 Å². The maximum atomic E-state index is 6.06. The minimum absolute atomic E-state index is 0.451. The first kappa shape index (κ1) is 16.0. The second kappa shape index (κ2) is 9.80. The predicted molar refractivity (Wildman–Crippen MR) is 76.9 cm³/mol. The summed E-state index contributed by atoms with van der Waals surface area (Å²) < 4.78 is 11.9. The van der Waals surface area contributed by atoms with Crippen molar-refractivity contribution in [2.75, 3.05) is 19.8 Å². The largest absolute Gasteiger partial charge is 0.381 e. The third-order valence-corrected chi connectivity index (χ3v) is 3.71. The van der Waals surface area contributed by atoms with Crippen LogP contribution in [0.5, 0.6) is 0 Å². The van der Waals surface area contributed by atoms with Crippen molar-refractivity contribution in [2.45, 2.75) is 71.8 Å². The monoisotopic (exact) mass is 256 g/mol. The zero-order chi connectivity index (χ0) is 13.2. The van der Waals surface area contributed by atoms with Gasteiger partial charge in [0.1, 0.15) is 0 Å². The molecule has 2 heteroatoms. The zero-order valence-electron chi connectivity index (χ0n) is 12.6. The first-order chi connectivity index (χ1) is 8.74. The lowest BCUT2D eigenvalue weighted by atomic mass is 9.87. The van der Waals surface area contributed by atoms with Gasteiger partial charge in [-0.15, -0.1) is 0 Å². The van der Waals surface area contributed by atoms with Crippen molar-refractivity contribution < 1.29 is 9.47 Å². The topological polar surface area (TPSA) is 18.5 Å². The van der Waals surface area contributed by atoms with E-state index in [0.29, 0.717) is 17.9 Å². The van der Waals surface area contributed by atoms with Crippen LogP contribution in [0.4, 0.5) is 0 Å². The van der Waals surface area contributed by atoms with Gasteiger partial charge in [-0.1, -0.05) is 46.5 Å². The Labute approximate surface area is 113 Å². The fraction of sp³-hybridized carbons (Fsp3) is 1.00. The molecule has 1 aliphatic carbocycles. The molecular weight excluding hydrogens is 224 g/mol. The Hall–Kier alpha value is -0.0800. The summed E-state index contributed by atoms with van der Waals surface area (Å²) in [5.74, 6) is 1.28. The predicted octanol–water partition coefficient (Wildman–Crippen LogP) is 4.42. The Balaban J connectivity index is 2.17. The van der Waals surface area contributed by atoms with Gasteiger partial charge in [0.05, 0.1) is 12.7 Å². The summed E-state index contributed by atoms with van der Waals surface area (Å²) in [6, 6.07) is 0. The van der Waals surface area contributed by atoms with E-state index in [-0.39, 0.29) is 0 Å². The van der Waals surface area contributed by atoms with E-state index >= 15 is 0 Å². The van der Waals surface area contributed by atoms with E-state index in [2.05, 4.69) is 20.8 Å². The average Bonchev–Trinajstić information content (AvgIpc) is 2.37. The fourth-order valence-corrected chi connectivity index (χ4v) is 2.59. The molecule has 18 heavy (non-hydrogen) atoms. The van der Waals surface area contributed by atoms with Crippen LogP contribution in [0.1, 0.15) is 65.7 Å². The highest BCUT2D eigenvalue weighted by Gasteiger charge is 2.26. The van der Waals surface area contributed by atoms with Crippen LogP contribution in [-0.2, 0) is 9.47 Å². The van der Waals surface area contributed by atoms with E-state index in [0.717, 1.165) is 19.8 Å². The fourth-order valence-electron chi connectivity index (χ4n) is 2.59. The molecule has 0 aromatic rings. The molecule has 0 N–H and O–H groups in total. The normalized spacial score (nSPS) is 24.7. The number of unbranched alkanes of at least 4 members (excludes halogenated alkanes) is 2. The molecule has 2 atom stereocenters. The van der Waals surface area contributed by atoms with Crippen molar-refractivity contribution in [3.63, 3.8) is 0 Å². The minimum atomic E-state index is 0.451. The van der Waals surface area contributed by atoms with E-state index in [1.54, 1.807) is 0 Å². The van der Waals surface area contributed by atoms with Crippen LogP contribution in [0.25, 0.3) is 0 Å². The lowest BCUT2D eigenvalue weighted by Gasteiger charge is -2.32. The van der Waals surface area contributed by atoms with E-state index in [4.69, 9.17) is 9.47 Å². The molecule has 2 nitrogen and oxygen atoms in total. The highest BCUT2D eigenvalue weighted by molar-refractivity contribution is 4.76. The molecular formula is C16H32O2. The maximum Gasteiger partial charge on any atom is 0.0625 e. The van der Waals surface area contributed by atoms with Gasteiger partial charge in [0, 0.05) is 19.1 Å².